The van der Waals surface area contributed by atoms with E-state index in [1.165, 1.54) is 0 Å². The van der Waals surface area contributed by atoms with Gasteiger partial charge in [0.1, 0.15) is 12.0 Å². The summed E-state index contributed by atoms with van der Waals surface area (Å²) in [7, 11) is 0. The number of hydrogen-bond donors (Lipinski definition) is 0. The first-order valence-corrected chi connectivity index (χ1v) is 8.34. The van der Waals surface area contributed by atoms with E-state index >= 15 is 0 Å². The molecule has 0 amide bonds. The molecule has 0 saturated heterocycles. The molecule has 6 nitrogen and oxygen atoms in total. The molecular weight excluding hydrogens is 338 g/mol. The molecule has 1 unspecified atom stereocenters. The molecule has 0 bridgehead atoms. The smallest absolute Gasteiger partial charge is 0.250 e. The number of anilines is 1. The Kier molecular flexibility index (Phi) is 3.32. The topological polar surface area (TPSA) is 59.7 Å². The van der Waals surface area contributed by atoms with Gasteiger partial charge in [0, 0.05) is 18.9 Å². The van der Waals surface area contributed by atoms with Gasteiger partial charge in [-0.1, -0.05) is 6.92 Å². The Morgan fingerprint density at radius 2 is 2.21 bits per heavy atom. The molecule has 2 aromatic rings. The maximum atomic E-state index is 13.9. The molecule has 1 saturated carbocycles. The fourth-order valence-electron chi connectivity index (χ4n) is 3.86. The van der Waals surface area contributed by atoms with Crippen LogP contribution in [-0.2, 0) is 5.54 Å². The van der Waals surface area contributed by atoms with Crippen LogP contribution in [0, 0.1) is 0 Å². The van der Waals surface area contributed by atoms with E-state index in [0.29, 0.717) is 30.2 Å². The minimum atomic E-state index is -2.65. The van der Waals surface area contributed by atoms with Crippen molar-refractivity contribution >= 4 is 17.4 Å². The van der Waals surface area contributed by atoms with Crippen LogP contribution in [0.4, 0.5) is 14.6 Å². The molecule has 0 spiro atoms. The van der Waals surface area contributed by atoms with Crippen molar-refractivity contribution in [3.8, 4) is 5.69 Å². The number of nitrogens with zero attached hydrogens (tertiary/aromatic N) is 6. The van der Waals surface area contributed by atoms with Crippen molar-refractivity contribution in [1.82, 2.24) is 24.7 Å². The van der Waals surface area contributed by atoms with E-state index in [2.05, 4.69) is 20.2 Å². The molecule has 0 radical (unpaired) electrons. The summed E-state index contributed by atoms with van der Waals surface area (Å²) >= 11 is 6.00. The number of hydrogen-bond acceptors (Lipinski definition) is 5. The van der Waals surface area contributed by atoms with Crippen molar-refractivity contribution in [3.05, 3.63) is 23.6 Å². The van der Waals surface area contributed by atoms with Crippen molar-refractivity contribution in [2.24, 2.45) is 0 Å². The quantitative estimate of drug-likeness (QED) is 0.774. The first-order chi connectivity index (χ1) is 11.4. The fourth-order valence-corrected chi connectivity index (χ4v) is 3.99. The molecule has 24 heavy (non-hydrogen) atoms. The van der Waals surface area contributed by atoms with Gasteiger partial charge in [0.05, 0.1) is 11.7 Å². The number of halogens is 3. The van der Waals surface area contributed by atoms with Gasteiger partial charge in [0.15, 0.2) is 11.6 Å². The molecule has 2 aromatic heterocycles. The highest BCUT2D eigenvalue weighted by Gasteiger charge is 2.51. The summed E-state index contributed by atoms with van der Waals surface area (Å²) in [5, 5.41) is 8.36. The first-order valence-electron chi connectivity index (χ1n) is 7.96. The average Bonchev–Trinajstić information content (AvgIpc) is 3.14. The highest BCUT2D eigenvalue weighted by atomic mass is 35.5. The molecule has 0 N–H and O–H groups in total. The number of alkyl halides is 2. The minimum absolute atomic E-state index is 0.0958. The summed E-state index contributed by atoms with van der Waals surface area (Å²) in [6.45, 7) is 4.00. The second-order valence-corrected chi connectivity index (χ2v) is 6.96. The van der Waals surface area contributed by atoms with Gasteiger partial charge in [0.2, 0.25) is 11.2 Å². The zero-order chi connectivity index (χ0) is 17.1. The van der Waals surface area contributed by atoms with E-state index in [9.17, 15) is 8.78 Å². The lowest BCUT2D eigenvalue weighted by atomic mass is 9.90. The van der Waals surface area contributed by atoms with Gasteiger partial charge in [-0.25, -0.2) is 13.8 Å². The van der Waals surface area contributed by atoms with Crippen LogP contribution in [-0.4, -0.2) is 36.7 Å². The third-order valence-electron chi connectivity index (χ3n) is 5.20. The van der Waals surface area contributed by atoms with Crippen molar-refractivity contribution in [2.75, 3.05) is 4.90 Å². The van der Waals surface area contributed by atoms with Gasteiger partial charge in [-0.2, -0.15) is 4.98 Å². The Morgan fingerprint density at radius 3 is 2.88 bits per heavy atom. The summed E-state index contributed by atoms with van der Waals surface area (Å²) in [4.78, 5) is 10.4. The average molecular weight is 355 g/mol. The SMILES string of the molecule is CC[C@]1(C)c2nncn2-c2cnc(Cl)nc2N1C1CCC(F)(F)C1. The third-order valence-corrected chi connectivity index (χ3v) is 5.38. The second kappa shape index (κ2) is 5.08. The maximum Gasteiger partial charge on any atom is 0.250 e. The van der Waals surface area contributed by atoms with Gasteiger partial charge in [-0.3, -0.25) is 4.57 Å². The molecule has 0 aromatic carbocycles. The summed E-state index contributed by atoms with van der Waals surface area (Å²) in [5.41, 5.74) is 0.0762. The minimum Gasteiger partial charge on any atom is -0.339 e. The molecule has 4 rings (SSSR count). The number of aromatic nitrogens is 5. The van der Waals surface area contributed by atoms with Crippen LogP contribution in [0.25, 0.3) is 5.69 Å². The molecule has 9 heteroatoms. The van der Waals surface area contributed by atoms with Crippen LogP contribution in [0.1, 0.15) is 45.4 Å². The molecular formula is C15H17ClF2N6. The first kappa shape index (κ1) is 15.7. The second-order valence-electron chi connectivity index (χ2n) is 6.62. The van der Waals surface area contributed by atoms with Crippen LogP contribution in [0.3, 0.4) is 0 Å². The third kappa shape index (κ3) is 2.12. The zero-order valence-corrected chi connectivity index (χ0v) is 14.1. The van der Waals surface area contributed by atoms with Crippen LogP contribution in [0.5, 0.6) is 0 Å². The monoisotopic (exact) mass is 354 g/mol. The van der Waals surface area contributed by atoms with E-state index in [1.54, 1.807) is 12.5 Å². The molecule has 1 fully saturated rings. The molecule has 2 atom stereocenters. The van der Waals surface area contributed by atoms with Crippen LogP contribution in [0.2, 0.25) is 5.28 Å². The van der Waals surface area contributed by atoms with Crippen LogP contribution >= 0.6 is 11.6 Å². The van der Waals surface area contributed by atoms with Gasteiger partial charge >= 0.3 is 0 Å². The van der Waals surface area contributed by atoms with E-state index in [0.717, 1.165) is 0 Å². The molecule has 2 aliphatic rings. The Morgan fingerprint density at radius 1 is 1.42 bits per heavy atom. The molecule has 3 heterocycles. The largest absolute Gasteiger partial charge is 0.339 e. The molecule has 1 aliphatic carbocycles. The van der Waals surface area contributed by atoms with Crippen molar-refractivity contribution < 1.29 is 8.78 Å². The van der Waals surface area contributed by atoms with Gasteiger partial charge in [-0.15, -0.1) is 10.2 Å². The maximum absolute atomic E-state index is 13.9. The Bertz CT molecular complexity index is 794. The lowest BCUT2D eigenvalue weighted by Gasteiger charge is -2.47. The number of rotatable bonds is 2. The Hall–Kier alpha value is -1.83. The highest BCUT2D eigenvalue weighted by molar-refractivity contribution is 6.28. The van der Waals surface area contributed by atoms with Gasteiger partial charge in [0.25, 0.3) is 0 Å². The summed E-state index contributed by atoms with van der Waals surface area (Å²) in [6.07, 6.45) is 3.95. The van der Waals surface area contributed by atoms with E-state index in [4.69, 9.17) is 11.6 Å². The Balaban J connectivity index is 1.92. The summed E-state index contributed by atoms with van der Waals surface area (Å²) in [5.74, 6) is -1.38. The van der Waals surface area contributed by atoms with E-state index < -0.39 is 11.5 Å². The summed E-state index contributed by atoms with van der Waals surface area (Å²) in [6, 6.07) is -0.333. The van der Waals surface area contributed by atoms with Crippen molar-refractivity contribution in [1.29, 1.82) is 0 Å². The highest BCUT2D eigenvalue weighted by Crippen LogP contribution is 2.48. The molecule has 128 valence electrons. The van der Waals surface area contributed by atoms with Gasteiger partial charge in [-0.05, 0) is 31.4 Å². The molecule has 1 aliphatic heterocycles. The normalized spacial score (nSPS) is 27.9. The van der Waals surface area contributed by atoms with Crippen LogP contribution in [0.15, 0.2) is 12.5 Å². The standard InChI is InChI=1S/C15H17ClF2N6/c1-3-14(2)12-22-20-8-23(12)10-7-19-13(16)21-11(10)24(14)9-4-5-15(17,18)6-9/h7-9H,3-6H2,1-2H3/t9?,14-/m1/s1. The van der Waals surface area contributed by atoms with Crippen molar-refractivity contribution in [2.45, 2.75) is 57.0 Å². The predicted octanol–water partition coefficient (Wildman–Crippen LogP) is 3.34. The van der Waals surface area contributed by atoms with Gasteiger partial charge < -0.3 is 4.90 Å². The summed E-state index contributed by atoms with van der Waals surface area (Å²) < 4.78 is 29.6. The lowest BCUT2D eigenvalue weighted by Crippen LogP contribution is -2.53. The van der Waals surface area contributed by atoms with E-state index in [1.807, 2.05) is 23.3 Å². The van der Waals surface area contributed by atoms with Crippen LogP contribution < -0.4 is 4.90 Å². The van der Waals surface area contributed by atoms with Crippen molar-refractivity contribution in [3.63, 3.8) is 0 Å². The van der Waals surface area contributed by atoms with E-state index in [-0.39, 0.29) is 24.2 Å². The number of fused-ring (bicyclic) bond motifs is 3. The zero-order valence-electron chi connectivity index (χ0n) is 13.4. The predicted molar refractivity (Wildman–Crippen MR) is 84.7 cm³/mol. The Labute approximate surface area is 142 Å². The lowest BCUT2D eigenvalue weighted by molar-refractivity contribution is 0.00705. The fraction of sp³-hybridized carbons (Fsp3) is 0.600.